The van der Waals surface area contributed by atoms with Gasteiger partial charge in [-0.15, -0.1) is 0 Å². The molecule has 5 nitrogen and oxygen atoms in total. The number of benzene rings is 3. The Morgan fingerprint density at radius 1 is 0.939 bits per heavy atom. The fraction of sp³-hybridized carbons (Fsp3) is 0.231. The van der Waals surface area contributed by atoms with Crippen molar-refractivity contribution in [3.8, 4) is 0 Å². The molecule has 1 N–H and O–H groups in total. The van der Waals surface area contributed by atoms with Crippen LogP contribution < -0.4 is 4.31 Å². The molecule has 1 aromatic heterocycles. The maximum Gasteiger partial charge on any atom is 0.265 e. The Hall–Kier alpha value is -3.16. The van der Waals surface area contributed by atoms with Crippen molar-refractivity contribution in [3.63, 3.8) is 0 Å². The number of aromatic nitrogens is 1. The maximum atomic E-state index is 13.4. The van der Waals surface area contributed by atoms with Gasteiger partial charge in [0, 0.05) is 48.2 Å². The van der Waals surface area contributed by atoms with Crippen LogP contribution in [0.3, 0.4) is 0 Å². The fourth-order valence-electron chi connectivity index (χ4n) is 5.06. The van der Waals surface area contributed by atoms with Crippen molar-refractivity contribution < 1.29 is 12.8 Å². The zero-order chi connectivity index (χ0) is 22.6. The molecule has 0 amide bonds. The van der Waals surface area contributed by atoms with Crippen LogP contribution in [-0.2, 0) is 10.0 Å². The van der Waals surface area contributed by atoms with Crippen molar-refractivity contribution in [2.45, 2.75) is 17.7 Å². The Balaban J connectivity index is 1.13. The number of nitrogens with zero attached hydrogens (tertiary/aromatic N) is 2. The molecule has 0 radical (unpaired) electrons. The van der Waals surface area contributed by atoms with Crippen LogP contribution in [0, 0.1) is 5.82 Å². The van der Waals surface area contributed by atoms with E-state index in [0.717, 1.165) is 59.0 Å². The van der Waals surface area contributed by atoms with Gasteiger partial charge in [0.05, 0.1) is 10.6 Å². The maximum absolute atomic E-state index is 13.4. The molecule has 0 aliphatic carbocycles. The number of fused-ring (bicyclic) bond motifs is 1. The normalized spacial score (nSPS) is 17.8. The van der Waals surface area contributed by atoms with E-state index in [1.807, 2.05) is 36.4 Å². The molecule has 0 saturated carbocycles. The number of aromatic amines is 1. The SMILES string of the molecule is O=S1(=O)c2cccc3cccc(c23)N1CCN1CCC(=Cc2cc3cc(F)ccc3[nH]2)CC1. The topological polar surface area (TPSA) is 56.4 Å². The number of nitrogens with one attached hydrogen (secondary N) is 1. The summed E-state index contributed by atoms with van der Waals surface area (Å²) >= 11 is 0. The van der Waals surface area contributed by atoms with E-state index < -0.39 is 10.0 Å². The fourth-order valence-corrected chi connectivity index (χ4v) is 6.76. The van der Waals surface area contributed by atoms with Crippen LogP contribution in [0.25, 0.3) is 27.8 Å². The van der Waals surface area contributed by atoms with Gasteiger partial charge in [0.1, 0.15) is 5.82 Å². The molecule has 0 unspecified atom stereocenters. The summed E-state index contributed by atoms with van der Waals surface area (Å²) in [5.41, 5.74) is 4.07. The van der Waals surface area contributed by atoms with Crippen molar-refractivity contribution >= 4 is 43.5 Å². The lowest BCUT2D eigenvalue weighted by molar-refractivity contribution is 0.264. The van der Waals surface area contributed by atoms with Gasteiger partial charge in [0.15, 0.2) is 0 Å². The third-order valence-electron chi connectivity index (χ3n) is 6.76. The van der Waals surface area contributed by atoms with Gasteiger partial charge in [-0.3, -0.25) is 4.31 Å². The number of sulfonamides is 1. The lowest BCUT2D eigenvalue weighted by Crippen LogP contribution is -2.39. The summed E-state index contributed by atoms with van der Waals surface area (Å²) in [7, 11) is -3.50. The van der Waals surface area contributed by atoms with E-state index in [-0.39, 0.29) is 5.82 Å². The number of piperidine rings is 1. The molecule has 33 heavy (non-hydrogen) atoms. The first-order chi connectivity index (χ1) is 16.0. The zero-order valence-corrected chi connectivity index (χ0v) is 18.9. The summed E-state index contributed by atoms with van der Waals surface area (Å²) in [6.07, 6.45) is 4.04. The highest BCUT2D eigenvalue weighted by Crippen LogP contribution is 2.41. The van der Waals surface area contributed by atoms with E-state index in [2.05, 4.69) is 16.0 Å². The van der Waals surface area contributed by atoms with Crippen molar-refractivity contribution in [1.29, 1.82) is 0 Å². The Kier molecular flexibility index (Phi) is 4.78. The van der Waals surface area contributed by atoms with Crippen LogP contribution in [-0.4, -0.2) is 44.5 Å². The number of halogens is 1. The van der Waals surface area contributed by atoms with Crippen LogP contribution in [0.15, 0.2) is 71.1 Å². The van der Waals surface area contributed by atoms with Gasteiger partial charge in [0.2, 0.25) is 0 Å². The van der Waals surface area contributed by atoms with Crippen molar-refractivity contribution in [1.82, 2.24) is 9.88 Å². The Labute approximate surface area is 192 Å². The molecule has 0 bridgehead atoms. The minimum atomic E-state index is -3.50. The van der Waals surface area contributed by atoms with E-state index in [4.69, 9.17) is 0 Å². The van der Waals surface area contributed by atoms with Crippen LogP contribution in [0.5, 0.6) is 0 Å². The van der Waals surface area contributed by atoms with Gasteiger partial charge in [-0.1, -0.05) is 29.8 Å². The van der Waals surface area contributed by atoms with Crippen molar-refractivity contribution in [2.75, 3.05) is 30.5 Å². The second kappa shape index (κ2) is 7.71. The molecular formula is C26H24FN3O2S. The van der Waals surface area contributed by atoms with E-state index in [9.17, 15) is 12.8 Å². The average molecular weight is 462 g/mol. The molecule has 3 aromatic carbocycles. The van der Waals surface area contributed by atoms with Crippen LogP contribution in [0.2, 0.25) is 0 Å². The predicted octanol–water partition coefficient (Wildman–Crippen LogP) is 5.15. The summed E-state index contributed by atoms with van der Waals surface area (Å²) in [5, 5.41) is 2.67. The van der Waals surface area contributed by atoms with Gasteiger partial charge in [-0.2, -0.15) is 0 Å². The van der Waals surface area contributed by atoms with Gasteiger partial charge in [-0.05, 0) is 60.7 Å². The number of hydrogen-bond donors (Lipinski definition) is 1. The van der Waals surface area contributed by atoms with E-state index in [0.29, 0.717) is 18.0 Å². The lowest BCUT2D eigenvalue weighted by atomic mass is 10.0. The van der Waals surface area contributed by atoms with Gasteiger partial charge >= 0.3 is 0 Å². The van der Waals surface area contributed by atoms with E-state index in [1.54, 1.807) is 22.5 Å². The molecule has 6 rings (SSSR count). The summed E-state index contributed by atoms with van der Waals surface area (Å²) in [4.78, 5) is 6.09. The Morgan fingerprint density at radius 3 is 2.55 bits per heavy atom. The minimum absolute atomic E-state index is 0.228. The van der Waals surface area contributed by atoms with Crippen LogP contribution in [0.1, 0.15) is 18.5 Å². The second-order valence-corrected chi connectivity index (χ2v) is 10.6. The highest BCUT2D eigenvalue weighted by atomic mass is 32.2. The van der Waals surface area contributed by atoms with Crippen molar-refractivity contribution in [3.05, 3.63) is 77.7 Å². The zero-order valence-electron chi connectivity index (χ0n) is 18.1. The Morgan fingerprint density at radius 2 is 1.73 bits per heavy atom. The summed E-state index contributed by atoms with van der Waals surface area (Å²) in [6, 6.07) is 18.0. The summed E-state index contributed by atoms with van der Waals surface area (Å²) < 4.78 is 41.3. The summed E-state index contributed by atoms with van der Waals surface area (Å²) in [5.74, 6) is -0.228. The molecule has 3 heterocycles. The highest BCUT2D eigenvalue weighted by Gasteiger charge is 2.35. The molecule has 0 atom stereocenters. The standard InChI is InChI=1S/C26H24FN3O2S/c27-21-7-8-23-20(16-21)17-22(28-23)15-18-9-11-29(12-10-18)13-14-30-24-5-1-3-19-4-2-6-25(26(19)24)33(30,31)32/h1-8,15-17,28H,9-14H2. The molecule has 168 valence electrons. The lowest BCUT2D eigenvalue weighted by Gasteiger charge is -2.30. The first kappa shape index (κ1) is 20.4. The third-order valence-corrected chi connectivity index (χ3v) is 8.62. The second-order valence-electron chi connectivity index (χ2n) is 8.81. The van der Waals surface area contributed by atoms with Crippen LogP contribution in [0.4, 0.5) is 10.1 Å². The monoisotopic (exact) mass is 461 g/mol. The average Bonchev–Trinajstić information content (AvgIpc) is 3.30. The Bertz CT molecular complexity index is 1510. The third kappa shape index (κ3) is 3.52. The number of rotatable bonds is 4. The minimum Gasteiger partial charge on any atom is -0.355 e. The van der Waals surface area contributed by atoms with Gasteiger partial charge < -0.3 is 9.88 Å². The molecule has 1 saturated heterocycles. The molecule has 4 aromatic rings. The summed E-state index contributed by atoms with van der Waals surface area (Å²) in [6.45, 7) is 2.93. The predicted molar refractivity (Wildman–Crippen MR) is 130 cm³/mol. The van der Waals surface area contributed by atoms with Crippen molar-refractivity contribution in [2.24, 2.45) is 0 Å². The molecule has 2 aliphatic rings. The van der Waals surface area contributed by atoms with Gasteiger partial charge in [-0.25, -0.2) is 12.8 Å². The van der Waals surface area contributed by atoms with Gasteiger partial charge in [0.25, 0.3) is 10.0 Å². The van der Waals surface area contributed by atoms with E-state index >= 15 is 0 Å². The molecular weight excluding hydrogens is 437 g/mol. The smallest absolute Gasteiger partial charge is 0.265 e. The molecule has 0 spiro atoms. The number of H-pyrrole nitrogens is 1. The molecule has 7 heteroatoms. The van der Waals surface area contributed by atoms with E-state index in [1.165, 1.54) is 11.6 Å². The number of likely N-dealkylation sites (tertiary alicyclic amines) is 1. The highest BCUT2D eigenvalue weighted by molar-refractivity contribution is 7.93. The first-order valence-corrected chi connectivity index (χ1v) is 12.7. The molecule has 1 fully saturated rings. The first-order valence-electron chi connectivity index (χ1n) is 11.2. The van der Waals surface area contributed by atoms with Crippen LogP contribution >= 0.6 is 0 Å². The molecule has 2 aliphatic heterocycles. The largest absolute Gasteiger partial charge is 0.355 e. The number of hydrogen-bond acceptors (Lipinski definition) is 3. The quantitative estimate of drug-likeness (QED) is 0.457. The number of anilines is 1.